The number of nitrogens with zero attached hydrogens (tertiary/aromatic N) is 12. The molecule has 294 valence electrons. The SMILES string of the molecule is [Cu+].[Cu+].[O-][Cl+3]([O-])([O-])[O-].[O-][Cl+3]([O-])([O-])[O-].c1ccccc1.c1cn2c(n1)-c1nccn1CC2.c1cn2c(n1)-c1nccn1CC2.c1cn2c(n1)-c1nccn1CC2. The van der Waals surface area contributed by atoms with Crippen LogP contribution in [0.25, 0.3) is 34.9 Å². The van der Waals surface area contributed by atoms with E-state index in [-0.39, 0.29) is 34.1 Å². The summed E-state index contributed by atoms with van der Waals surface area (Å²) >= 11 is 0. The van der Waals surface area contributed by atoms with Gasteiger partial charge in [0.2, 0.25) is 0 Å². The van der Waals surface area contributed by atoms with Crippen molar-refractivity contribution < 1.29 is 91.9 Å². The van der Waals surface area contributed by atoms with Crippen LogP contribution in [0.1, 0.15) is 0 Å². The summed E-state index contributed by atoms with van der Waals surface area (Å²) in [5.41, 5.74) is 0. The fourth-order valence-corrected chi connectivity index (χ4v) is 5.21. The molecule has 24 heteroatoms. The molecule has 3 aliphatic rings. The number of benzene rings is 1. The molecule has 20 nitrogen and oxygen atoms in total. The molecule has 0 amide bonds. The monoisotopic (exact) mass is 882 g/mol. The van der Waals surface area contributed by atoms with Gasteiger partial charge in [0.15, 0.2) is 34.9 Å². The molecular formula is C30H30Cl2Cu2N12O8. The number of aromatic nitrogens is 12. The quantitative estimate of drug-likeness (QED) is 0.128. The normalized spacial score (nSPS) is 12.4. The zero-order valence-corrected chi connectivity index (χ0v) is 31.0. The number of halogens is 2. The van der Waals surface area contributed by atoms with Crippen LogP contribution < -0.4 is 37.3 Å². The Balaban J connectivity index is 0.000000180. The van der Waals surface area contributed by atoms with E-state index in [9.17, 15) is 0 Å². The van der Waals surface area contributed by atoms with Gasteiger partial charge >= 0.3 is 34.1 Å². The maximum atomic E-state index is 8.49. The molecule has 0 fully saturated rings. The van der Waals surface area contributed by atoms with Gasteiger partial charge in [-0.05, 0) is 0 Å². The van der Waals surface area contributed by atoms with Crippen molar-refractivity contribution in [1.82, 2.24) is 57.3 Å². The Bertz CT molecular complexity index is 1740. The minimum atomic E-state index is -4.94. The van der Waals surface area contributed by atoms with E-state index >= 15 is 0 Å². The first-order valence-corrected chi connectivity index (χ1v) is 17.6. The second-order valence-electron chi connectivity index (χ2n) is 10.6. The van der Waals surface area contributed by atoms with Gasteiger partial charge in [0.05, 0.1) is 0 Å². The van der Waals surface area contributed by atoms with Gasteiger partial charge in [-0.3, -0.25) is 0 Å². The molecule has 0 aliphatic carbocycles. The van der Waals surface area contributed by atoms with Crippen molar-refractivity contribution in [3.05, 3.63) is 111 Å². The fraction of sp³-hybridized carbons (Fsp3) is 0.200. The van der Waals surface area contributed by atoms with Crippen LogP contribution >= 0.6 is 0 Å². The van der Waals surface area contributed by atoms with E-state index < -0.39 is 20.5 Å². The summed E-state index contributed by atoms with van der Waals surface area (Å²) in [5, 5.41) is 0. The van der Waals surface area contributed by atoms with Crippen molar-refractivity contribution in [3.63, 3.8) is 0 Å². The molecular weight excluding hydrogens is 854 g/mol. The van der Waals surface area contributed by atoms with E-state index in [1.165, 1.54) is 0 Å². The van der Waals surface area contributed by atoms with Crippen LogP contribution in [-0.2, 0) is 73.4 Å². The molecule has 0 spiro atoms. The second-order valence-corrected chi connectivity index (χ2v) is 12.1. The number of hydrogen-bond donors (Lipinski definition) is 0. The van der Waals surface area contributed by atoms with Crippen molar-refractivity contribution in [2.75, 3.05) is 0 Å². The Morgan fingerprint density at radius 3 is 0.574 bits per heavy atom. The molecule has 0 saturated heterocycles. The van der Waals surface area contributed by atoms with E-state index in [0.29, 0.717) is 0 Å². The van der Waals surface area contributed by atoms with Crippen LogP contribution in [0.5, 0.6) is 0 Å². The largest absolute Gasteiger partial charge is 1.00 e. The van der Waals surface area contributed by atoms with Gasteiger partial charge in [-0.25, -0.2) is 67.2 Å². The standard InChI is InChI=1S/3C8H8N4.C6H6.2ClHO4.2Cu/c3*1-3-11-5-6-12-4-2-10-8(12)7(11)9-1;1-2-4-6-5-3-1;2*2-1(3,4)5;;/h3*1-4H,5-6H2;1-6H;2*(H,2,3,4,5);;/q;;;;;;2*+1/p-2. The molecule has 3 aliphatic heterocycles. The van der Waals surface area contributed by atoms with E-state index in [1.54, 1.807) is 0 Å². The van der Waals surface area contributed by atoms with Gasteiger partial charge in [-0.2, -0.15) is 0 Å². The van der Waals surface area contributed by atoms with E-state index in [0.717, 1.165) is 74.2 Å². The maximum Gasteiger partial charge on any atom is 1.00 e. The maximum absolute atomic E-state index is 8.49. The third-order valence-corrected chi connectivity index (χ3v) is 7.30. The van der Waals surface area contributed by atoms with Crippen molar-refractivity contribution in [2.24, 2.45) is 0 Å². The summed E-state index contributed by atoms with van der Waals surface area (Å²) in [4.78, 5) is 25.5. The predicted molar refractivity (Wildman–Crippen MR) is 157 cm³/mol. The molecule has 6 aromatic heterocycles. The number of fused-ring (bicyclic) bond motifs is 9. The van der Waals surface area contributed by atoms with Crippen molar-refractivity contribution in [1.29, 1.82) is 0 Å². The first-order chi connectivity index (χ1) is 24.8. The van der Waals surface area contributed by atoms with Crippen molar-refractivity contribution in [3.8, 4) is 34.9 Å². The summed E-state index contributed by atoms with van der Waals surface area (Å²) in [6, 6.07) is 12.0. The second kappa shape index (κ2) is 20.5. The van der Waals surface area contributed by atoms with E-state index in [2.05, 4.69) is 57.3 Å². The molecule has 0 radical (unpaired) electrons. The van der Waals surface area contributed by atoms with Gasteiger partial charge in [0.1, 0.15) is 0 Å². The summed E-state index contributed by atoms with van der Waals surface area (Å²) in [7, 11) is -9.89. The molecule has 1 aromatic carbocycles. The molecule has 7 aromatic rings. The molecule has 9 heterocycles. The molecule has 54 heavy (non-hydrogen) atoms. The first kappa shape index (κ1) is 44.2. The van der Waals surface area contributed by atoms with Gasteiger partial charge in [-0.15, -0.1) is 20.5 Å². The Labute approximate surface area is 332 Å². The smallest absolute Gasteiger partial charge is 0.327 e. The van der Waals surface area contributed by atoms with Crippen molar-refractivity contribution >= 4 is 0 Å². The summed E-state index contributed by atoms with van der Waals surface area (Å²) in [6.07, 6.45) is 22.9. The molecule has 0 atom stereocenters. The van der Waals surface area contributed by atoms with Crippen LogP contribution in [-0.4, -0.2) is 57.3 Å². The number of hydrogen-bond acceptors (Lipinski definition) is 14. The first-order valence-electron chi connectivity index (χ1n) is 15.2. The molecule has 0 N–H and O–H groups in total. The Morgan fingerprint density at radius 1 is 0.315 bits per heavy atom. The van der Waals surface area contributed by atoms with Crippen LogP contribution in [0, 0.1) is 20.5 Å². The molecule has 0 unspecified atom stereocenters. The van der Waals surface area contributed by atoms with Crippen LogP contribution in [0.4, 0.5) is 0 Å². The number of imidazole rings is 6. The van der Waals surface area contributed by atoms with Gasteiger partial charge < -0.3 is 27.4 Å². The third-order valence-electron chi connectivity index (χ3n) is 7.30. The van der Waals surface area contributed by atoms with Crippen LogP contribution in [0.15, 0.2) is 111 Å². The molecule has 0 saturated carbocycles. The Kier molecular flexibility index (Phi) is 16.7. The average molecular weight is 885 g/mol. The topological polar surface area (TPSA) is 291 Å². The predicted octanol–water partition coefficient (Wildman–Crippen LogP) is -5.55. The minimum absolute atomic E-state index is 0. The van der Waals surface area contributed by atoms with Gasteiger partial charge in [0.25, 0.3) is 0 Å². The van der Waals surface area contributed by atoms with Crippen LogP contribution in [0.2, 0.25) is 0 Å². The number of aryl methyl sites for hydroxylation is 6. The molecule has 10 rings (SSSR count). The zero-order chi connectivity index (χ0) is 37.1. The van der Waals surface area contributed by atoms with Gasteiger partial charge in [0, 0.05) is 114 Å². The molecule has 0 bridgehead atoms. The summed E-state index contributed by atoms with van der Waals surface area (Å²) < 4.78 is 80.7. The van der Waals surface area contributed by atoms with E-state index in [1.807, 2.05) is 111 Å². The Hall–Kier alpha value is -4.22. The zero-order valence-electron chi connectivity index (χ0n) is 27.6. The average Bonchev–Trinajstić information content (AvgIpc) is 3.95. The third kappa shape index (κ3) is 13.3. The minimum Gasteiger partial charge on any atom is -0.327 e. The number of rotatable bonds is 0. The van der Waals surface area contributed by atoms with E-state index in [4.69, 9.17) is 37.3 Å². The fourth-order valence-electron chi connectivity index (χ4n) is 5.21. The van der Waals surface area contributed by atoms with Gasteiger partial charge in [-0.1, -0.05) is 36.4 Å². The van der Waals surface area contributed by atoms with Crippen molar-refractivity contribution in [2.45, 2.75) is 39.3 Å². The Morgan fingerprint density at radius 2 is 0.444 bits per heavy atom. The van der Waals surface area contributed by atoms with Crippen LogP contribution in [0.3, 0.4) is 0 Å². The summed E-state index contributed by atoms with van der Waals surface area (Å²) in [5.74, 6) is 5.87. The summed E-state index contributed by atoms with van der Waals surface area (Å²) in [6.45, 7) is 5.99.